The quantitative estimate of drug-likeness (QED) is 0.337. The van der Waals surface area contributed by atoms with Crippen LogP contribution in [-0.4, -0.2) is 38.0 Å². The van der Waals surface area contributed by atoms with Gasteiger partial charge in [0.25, 0.3) is 5.56 Å². The van der Waals surface area contributed by atoms with E-state index in [9.17, 15) is 14.4 Å². The van der Waals surface area contributed by atoms with Gasteiger partial charge in [0.15, 0.2) is 5.52 Å². The molecule has 0 saturated heterocycles. The summed E-state index contributed by atoms with van der Waals surface area (Å²) < 4.78 is 6.62. The second kappa shape index (κ2) is 10.4. The number of rotatable bonds is 8. The van der Waals surface area contributed by atoms with Crippen LogP contribution in [0.15, 0.2) is 76.4 Å². The molecule has 3 heterocycles. The number of carbonyl (C=O) groups is 1. The van der Waals surface area contributed by atoms with E-state index in [2.05, 4.69) is 25.6 Å². The van der Waals surface area contributed by atoms with Gasteiger partial charge in [0, 0.05) is 18.0 Å². The molecule has 37 heavy (non-hydrogen) atoms. The highest BCUT2D eigenvalue weighted by atomic mass is 16.5. The lowest BCUT2D eigenvalue weighted by molar-refractivity contribution is -0.121. The molecule has 0 bridgehead atoms. The molecular weight excluding hydrogens is 472 g/mol. The molecule has 0 unspecified atom stereocenters. The molecule has 0 atom stereocenters. The van der Waals surface area contributed by atoms with Crippen molar-refractivity contribution in [2.24, 2.45) is 0 Å². The largest absolute Gasteiger partial charge is 0.497 e. The average molecular weight is 497 g/mol. The Balaban J connectivity index is 1.39. The highest BCUT2D eigenvalue weighted by molar-refractivity contribution is 5.87. The zero-order valence-electron chi connectivity index (χ0n) is 20.1. The summed E-state index contributed by atoms with van der Waals surface area (Å²) >= 11 is 0. The molecule has 0 radical (unpaired) electrons. The van der Waals surface area contributed by atoms with Crippen molar-refractivity contribution >= 4 is 27.8 Å². The molecule has 5 rings (SSSR count). The number of H-pyrrole nitrogens is 1. The summed E-state index contributed by atoms with van der Waals surface area (Å²) in [5.41, 5.74) is 2.12. The maximum Gasteiger partial charge on any atom is 0.278 e. The first-order valence-corrected chi connectivity index (χ1v) is 11.7. The Morgan fingerprint density at radius 2 is 1.86 bits per heavy atom. The van der Waals surface area contributed by atoms with Gasteiger partial charge in [0.1, 0.15) is 11.3 Å². The Labute approximate surface area is 210 Å². The van der Waals surface area contributed by atoms with Gasteiger partial charge in [-0.1, -0.05) is 29.5 Å². The van der Waals surface area contributed by atoms with Crippen LogP contribution in [0.4, 0.5) is 0 Å². The van der Waals surface area contributed by atoms with Crippen LogP contribution in [0.3, 0.4) is 0 Å². The SMILES string of the molecule is COc1ccc(Cn2nnc3c(=O)[nH]c4cc(CCC(=O)NCc5ccccn5)ccc4c(=O)c32)cc1. The third-order valence-corrected chi connectivity index (χ3v) is 6.07. The van der Waals surface area contributed by atoms with E-state index in [0.717, 1.165) is 16.8 Å². The van der Waals surface area contributed by atoms with E-state index >= 15 is 0 Å². The smallest absolute Gasteiger partial charge is 0.278 e. The first kappa shape index (κ1) is 23.9. The minimum absolute atomic E-state index is 0.0230. The van der Waals surface area contributed by atoms with Gasteiger partial charge in [-0.2, -0.15) is 0 Å². The fraction of sp³-hybridized carbons (Fsp3) is 0.185. The molecule has 186 valence electrons. The summed E-state index contributed by atoms with van der Waals surface area (Å²) in [7, 11) is 1.59. The number of carbonyl (C=O) groups excluding carboxylic acids is 1. The van der Waals surface area contributed by atoms with Gasteiger partial charge in [0.05, 0.1) is 31.4 Å². The minimum atomic E-state index is -0.506. The molecule has 0 fully saturated rings. The van der Waals surface area contributed by atoms with Crippen molar-refractivity contribution < 1.29 is 9.53 Å². The molecule has 0 saturated carbocycles. The number of amides is 1. The predicted octanol–water partition coefficient (Wildman–Crippen LogP) is 2.33. The van der Waals surface area contributed by atoms with Crippen molar-refractivity contribution in [3.05, 3.63) is 104 Å². The van der Waals surface area contributed by atoms with Gasteiger partial charge in [-0.3, -0.25) is 19.4 Å². The van der Waals surface area contributed by atoms with Gasteiger partial charge in [-0.15, -0.1) is 5.10 Å². The van der Waals surface area contributed by atoms with Crippen LogP contribution in [0.1, 0.15) is 23.2 Å². The van der Waals surface area contributed by atoms with E-state index in [1.165, 1.54) is 4.68 Å². The van der Waals surface area contributed by atoms with Gasteiger partial charge in [-0.25, -0.2) is 4.68 Å². The summed E-state index contributed by atoms with van der Waals surface area (Å²) in [6.07, 6.45) is 2.38. The zero-order valence-corrected chi connectivity index (χ0v) is 20.1. The Morgan fingerprint density at radius 1 is 1.05 bits per heavy atom. The van der Waals surface area contributed by atoms with Crippen LogP contribution in [0, 0.1) is 0 Å². The van der Waals surface area contributed by atoms with Crippen LogP contribution < -0.4 is 21.0 Å². The van der Waals surface area contributed by atoms with Crippen molar-refractivity contribution in [1.82, 2.24) is 30.3 Å². The number of pyridine rings is 1. The summed E-state index contributed by atoms with van der Waals surface area (Å²) in [5, 5.41) is 11.2. The van der Waals surface area contributed by atoms with Crippen LogP contribution in [0.2, 0.25) is 0 Å². The summed E-state index contributed by atoms with van der Waals surface area (Å²) in [5.74, 6) is 0.600. The molecule has 2 aromatic carbocycles. The van der Waals surface area contributed by atoms with Gasteiger partial charge >= 0.3 is 0 Å². The third kappa shape index (κ3) is 5.22. The number of hydrogen-bond acceptors (Lipinski definition) is 7. The second-order valence-corrected chi connectivity index (χ2v) is 8.55. The van der Waals surface area contributed by atoms with Crippen LogP contribution >= 0.6 is 0 Å². The maximum atomic E-state index is 13.5. The molecule has 0 aliphatic carbocycles. The fourth-order valence-corrected chi connectivity index (χ4v) is 4.10. The van der Waals surface area contributed by atoms with E-state index in [0.29, 0.717) is 29.6 Å². The molecule has 0 aliphatic rings. The zero-order chi connectivity index (χ0) is 25.8. The van der Waals surface area contributed by atoms with E-state index in [4.69, 9.17) is 4.74 Å². The number of nitrogens with zero attached hydrogens (tertiary/aromatic N) is 4. The minimum Gasteiger partial charge on any atom is -0.497 e. The molecule has 10 nitrogen and oxygen atoms in total. The molecule has 0 spiro atoms. The maximum absolute atomic E-state index is 13.5. The topological polar surface area (TPSA) is 132 Å². The van der Waals surface area contributed by atoms with Crippen LogP contribution in [-0.2, 0) is 24.3 Å². The summed E-state index contributed by atoms with van der Waals surface area (Å²) in [4.78, 5) is 45.6. The Morgan fingerprint density at radius 3 is 2.62 bits per heavy atom. The van der Waals surface area contributed by atoms with Gasteiger partial charge in [-0.05, 0) is 53.9 Å². The second-order valence-electron chi connectivity index (χ2n) is 8.55. The van der Waals surface area contributed by atoms with Gasteiger partial charge < -0.3 is 15.0 Å². The monoisotopic (exact) mass is 496 g/mol. The van der Waals surface area contributed by atoms with Crippen LogP contribution in [0.25, 0.3) is 21.9 Å². The highest BCUT2D eigenvalue weighted by Crippen LogP contribution is 2.15. The van der Waals surface area contributed by atoms with Crippen molar-refractivity contribution in [3.63, 3.8) is 0 Å². The molecule has 5 aromatic rings. The lowest BCUT2D eigenvalue weighted by atomic mass is 10.1. The van der Waals surface area contributed by atoms with Crippen molar-refractivity contribution in [3.8, 4) is 5.75 Å². The molecule has 3 aromatic heterocycles. The number of hydrogen-bond donors (Lipinski definition) is 2. The lowest BCUT2D eigenvalue weighted by Crippen LogP contribution is -2.23. The van der Waals surface area contributed by atoms with E-state index in [1.54, 1.807) is 31.5 Å². The number of aryl methyl sites for hydroxylation is 1. The highest BCUT2D eigenvalue weighted by Gasteiger charge is 2.15. The molecule has 1 amide bonds. The number of aromatic amines is 1. The third-order valence-electron chi connectivity index (χ3n) is 6.07. The molecule has 0 aliphatic heterocycles. The van der Waals surface area contributed by atoms with E-state index < -0.39 is 5.56 Å². The molecule has 10 heteroatoms. The number of nitrogens with one attached hydrogen (secondary N) is 2. The van der Waals surface area contributed by atoms with E-state index in [-0.39, 0.29) is 35.3 Å². The first-order chi connectivity index (χ1) is 18.0. The lowest BCUT2D eigenvalue weighted by Gasteiger charge is -2.05. The Hall–Kier alpha value is -4.86. The Bertz CT molecular complexity index is 1690. The average Bonchev–Trinajstić information content (AvgIpc) is 3.31. The van der Waals surface area contributed by atoms with Crippen molar-refractivity contribution in [2.45, 2.75) is 25.9 Å². The van der Waals surface area contributed by atoms with E-state index in [1.807, 2.05) is 42.5 Å². The standard InChI is InChI=1S/C27H24N6O4/c1-37-20-9-5-18(6-10-20)16-33-25-24(31-32-33)27(36)30-22-14-17(7-11-21(22)26(25)35)8-12-23(34)29-15-19-4-2-3-13-28-19/h2-7,9-11,13-14H,8,12,15-16H2,1H3,(H,29,34)(H,30,36). The molecule has 2 N–H and O–H groups in total. The normalized spacial score (nSPS) is 11.1. The number of methoxy groups -OCH3 is 1. The number of ether oxygens (including phenoxy) is 1. The summed E-state index contributed by atoms with van der Waals surface area (Å²) in [6, 6.07) is 18.1. The van der Waals surface area contributed by atoms with Crippen molar-refractivity contribution in [2.75, 3.05) is 7.11 Å². The van der Waals surface area contributed by atoms with Crippen LogP contribution in [0.5, 0.6) is 5.75 Å². The van der Waals surface area contributed by atoms with Crippen molar-refractivity contribution in [1.29, 1.82) is 0 Å². The number of fused-ring (bicyclic) bond motifs is 2. The number of aromatic nitrogens is 5. The van der Waals surface area contributed by atoms with Gasteiger partial charge in [0.2, 0.25) is 11.3 Å². The number of benzene rings is 2. The predicted molar refractivity (Wildman–Crippen MR) is 138 cm³/mol. The fourth-order valence-electron chi connectivity index (χ4n) is 4.10. The summed E-state index contributed by atoms with van der Waals surface area (Å²) in [6.45, 7) is 0.625. The Kier molecular flexibility index (Phi) is 6.71. The molecular formula is C27H24N6O4. The first-order valence-electron chi connectivity index (χ1n) is 11.7.